The van der Waals surface area contributed by atoms with Crippen LogP contribution in [0.5, 0.6) is 17.2 Å². The molecule has 12 heteroatoms. The molecule has 2 atom stereocenters. The van der Waals surface area contributed by atoms with Gasteiger partial charge in [-0.15, -0.1) is 0 Å². The zero-order valence-electron chi connectivity index (χ0n) is 23.3. The molecule has 1 saturated heterocycles. The fourth-order valence-corrected chi connectivity index (χ4v) is 5.13. The highest BCUT2D eigenvalue weighted by atomic mass is 19.2. The van der Waals surface area contributed by atoms with Crippen LogP contribution in [0.4, 0.5) is 13.2 Å². The van der Waals surface area contributed by atoms with E-state index >= 15 is 0 Å². The predicted octanol–water partition coefficient (Wildman–Crippen LogP) is 3.53. The summed E-state index contributed by atoms with van der Waals surface area (Å²) in [4.78, 5) is 40.0. The van der Waals surface area contributed by atoms with E-state index in [2.05, 4.69) is 10.6 Å². The van der Waals surface area contributed by atoms with Gasteiger partial charge in [-0.1, -0.05) is 12.1 Å². The molecule has 0 saturated carbocycles. The van der Waals surface area contributed by atoms with Crippen LogP contribution in [-0.2, 0) is 22.6 Å². The van der Waals surface area contributed by atoms with Crippen molar-refractivity contribution in [2.45, 2.75) is 38.0 Å². The van der Waals surface area contributed by atoms with E-state index in [0.29, 0.717) is 23.5 Å². The molecule has 0 aromatic heterocycles. The first-order valence-corrected chi connectivity index (χ1v) is 13.8. The number of carbonyl (C=O) groups excluding carboxylic acids is 3. The van der Waals surface area contributed by atoms with Crippen LogP contribution in [0.1, 0.15) is 34.3 Å². The van der Waals surface area contributed by atoms with Crippen molar-refractivity contribution < 1.29 is 41.8 Å². The Kier molecular flexibility index (Phi) is 9.03. The van der Waals surface area contributed by atoms with Gasteiger partial charge in [0.25, 0.3) is 11.8 Å². The molecule has 9 nitrogen and oxygen atoms in total. The van der Waals surface area contributed by atoms with Gasteiger partial charge >= 0.3 is 0 Å². The zero-order chi connectivity index (χ0) is 30.5. The second-order valence-electron chi connectivity index (χ2n) is 10.3. The molecule has 43 heavy (non-hydrogen) atoms. The average molecular weight is 598 g/mol. The number of likely N-dealkylation sites (tertiary alicyclic amines) is 1. The summed E-state index contributed by atoms with van der Waals surface area (Å²) in [6.07, 6.45) is 0.0255. The van der Waals surface area contributed by atoms with E-state index in [9.17, 15) is 27.6 Å². The number of aryl methyl sites for hydroxylation is 1. The Hall–Kier alpha value is -4.74. The Morgan fingerprint density at radius 1 is 1.00 bits per heavy atom. The van der Waals surface area contributed by atoms with Gasteiger partial charge in [0.15, 0.2) is 29.7 Å². The van der Waals surface area contributed by atoms with Crippen LogP contribution in [0.3, 0.4) is 0 Å². The molecular formula is C31H30F3N3O6. The highest BCUT2D eigenvalue weighted by molar-refractivity contribution is 5.94. The summed E-state index contributed by atoms with van der Waals surface area (Å²) in [5, 5.41) is 5.60. The number of hydrogen-bond acceptors (Lipinski definition) is 6. The molecule has 0 radical (unpaired) electrons. The Balaban J connectivity index is 1.43. The van der Waals surface area contributed by atoms with E-state index in [-0.39, 0.29) is 44.1 Å². The van der Waals surface area contributed by atoms with E-state index in [1.807, 2.05) is 0 Å². The van der Waals surface area contributed by atoms with Gasteiger partial charge in [0.05, 0.1) is 18.7 Å². The van der Waals surface area contributed by atoms with E-state index in [0.717, 1.165) is 11.6 Å². The topological polar surface area (TPSA) is 106 Å². The number of carbonyl (C=O) groups is 3. The largest absolute Gasteiger partial charge is 0.493 e. The van der Waals surface area contributed by atoms with Crippen molar-refractivity contribution in [3.8, 4) is 17.2 Å². The lowest BCUT2D eigenvalue weighted by molar-refractivity contribution is -0.125. The maximum absolute atomic E-state index is 14.5. The van der Waals surface area contributed by atoms with E-state index in [1.165, 1.54) is 36.3 Å². The molecule has 1 fully saturated rings. The lowest BCUT2D eigenvalue weighted by atomic mass is 10.00. The molecule has 5 rings (SSSR count). The number of amides is 3. The number of piperidine rings is 1. The number of fused-ring (bicyclic) bond motifs is 5. The van der Waals surface area contributed by atoms with Crippen molar-refractivity contribution in [3.05, 3.63) is 88.7 Å². The summed E-state index contributed by atoms with van der Waals surface area (Å²) in [7, 11) is 1.46. The van der Waals surface area contributed by atoms with Gasteiger partial charge in [-0.2, -0.15) is 0 Å². The second kappa shape index (κ2) is 13.1. The smallest absolute Gasteiger partial charge is 0.258 e. The molecule has 0 spiro atoms. The SMILES string of the molecule is COc1ccc2cc1OCC(=O)N[C@@H]1CN(C(=O)c3cccc(F)c3F)CC[C@H]1Oc1cc(F)cc(c1)CNC(=O)CC2. The van der Waals surface area contributed by atoms with Crippen molar-refractivity contribution in [2.24, 2.45) is 0 Å². The minimum Gasteiger partial charge on any atom is -0.493 e. The standard InChI is InChI=1S/C31H30F3N3O6/c1-41-26-7-5-18-6-8-28(38)35-15-19-11-20(32)14-21(12-19)43-25-9-10-37(31(40)22-3-2-4-23(33)30(22)34)16-24(25)36-29(39)17-42-27(26)13-18/h2-5,7,11-14,24-25H,6,8-10,15-17H2,1H3,(H,35,38)(H,36,39)/t24-,25-/m1/s1. The summed E-state index contributed by atoms with van der Waals surface area (Å²) in [6, 6.07) is 11.7. The molecule has 2 heterocycles. The molecule has 3 aromatic rings. The summed E-state index contributed by atoms with van der Waals surface area (Å²) in [5.74, 6) is -3.65. The number of nitrogens with one attached hydrogen (secondary N) is 2. The molecule has 4 bridgehead atoms. The lowest BCUT2D eigenvalue weighted by Crippen LogP contribution is -2.58. The van der Waals surface area contributed by atoms with Crippen LogP contribution in [0.25, 0.3) is 0 Å². The first-order chi connectivity index (χ1) is 20.7. The van der Waals surface area contributed by atoms with Gasteiger partial charge in [-0.3, -0.25) is 14.4 Å². The van der Waals surface area contributed by atoms with Crippen LogP contribution < -0.4 is 24.8 Å². The number of benzene rings is 3. The van der Waals surface area contributed by atoms with Crippen LogP contribution in [0.15, 0.2) is 54.6 Å². The van der Waals surface area contributed by atoms with Gasteiger partial charge < -0.3 is 29.7 Å². The Labute approximate surface area is 245 Å². The van der Waals surface area contributed by atoms with Crippen LogP contribution >= 0.6 is 0 Å². The number of halogens is 3. The Bertz CT molecular complexity index is 1530. The Morgan fingerprint density at radius 2 is 1.84 bits per heavy atom. The highest BCUT2D eigenvalue weighted by Gasteiger charge is 2.35. The fraction of sp³-hybridized carbons (Fsp3) is 0.323. The summed E-state index contributed by atoms with van der Waals surface area (Å²) in [6.45, 7) is -0.344. The normalized spacial score (nSPS) is 19.4. The van der Waals surface area contributed by atoms with E-state index in [4.69, 9.17) is 14.2 Å². The third-order valence-electron chi connectivity index (χ3n) is 7.30. The highest BCUT2D eigenvalue weighted by Crippen LogP contribution is 2.29. The molecule has 2 aliphatic heterocycles. The lowest BCUT2D eigenvalue weighted by Gasteiger charge is -2.39. The van der Waals surface area contributed by atoms with Gasteiger partial charge in [-0.25, -0.2) is 13.2 Å². The summed E-state index contributed by atoms with van der Waals surface area (Å²) < 4.78 is 60.0. The zero-order valence-corrected chi connectivity index (χ0v) is 23.3. The number of methoxy groups -OCH3 is 1. The van der Waals surface area contributed by atoms with E-state index < -0.39 is 53.6 Å². The molecule has 0 unspecified atom stereocenters. The van der Waals surface area contributed by atoms with E-state index in [1.54, 1.807) is 24.3 Å². The van der Waals surface area contributed by atoms with Gasteiger partial charge in [0, 0.05) is 38.5 Å². The molecule has 226 valence electrons. The molecule has 0 aliphatic carbocycles. The first kappa shape index (κ1) is 29.7. The maximum Gasteiger partial charge on any atom is 0.258 e. The van der Waals surface area contributed by atoms with Crippen molar-refractivity contribution in [1.82, 2.24) is 15.5 Å². The molecule has 3 amide bonds. The third-order valence-corrected chi connectivity index (χ3v) is 7.30. The van der Waals surface area contributed by atoms with Crippen molar-refractivity contribution in [2.75, 3.05) is 26.8 Å². The predicted molar refractivity (Wildman–Crippen MR) is 148 cm³/mol. The average Bonchev–Trinajstić information content (AvgIpc) is 2.99. The number of nitrogens with zero attached hydrogens (tertiary/aromatic N) is 1. The van der Waals surface area contributed by atoms with Crippen molar-refractivity contribution >= 4 is 17.7 Å². The van der Waals surface area contributed by atoms with Crippen LogP contribution in [0, 0.1) is 17.5 Å². The van der Waals surface area contributed by atoms with Crippen LogP contribution in [-0.4, -0.2) is 61.6 Å². The Morgan fingerprint density at radius 3 is 2.65 bits per heavy atom. The minimum absolute atomic E-state index is 0.0657. The van der Waals surface area contributed by atoms with Gasteiger partial charge in [0.2, 0.25) is 5.91 Å². The molecule has 2 N–H and O–H groups in total. The van der Waals surface area contributed by atoms with Gasteiger partial charge in [0.1, 0.15) is 17.7 Å². The quantitative estimate of drug-likeness (QED) is 0.469. The minimum atomic E-state index is -1.26. The molecule has 3 aromatic carbocycles. The monoisotopic (exact) mass is 597 g/mol. The third kappa shape index (κ3) is 7.19. The summed E-state index contributed by atoms with van der Waals surface area (Å²) >= 11 is 0. The first-order valence-electron chi connectivity index (χ1n) is 13.8. The maximum atomic E-state index is 14.5. The van der Waals surface area contributed by atoms with Crippen molar-refractivity contribution in [3.63, 3.8) is 0 Å². The fourth-order valence-electron chi connectivity index (χ4n) is 5.13. The number of rotatable bonds is 2. The number of ether oxygens (including phenoxy) is 3. The molecular weight excluding hydrogens is 567 g/mol. The summed E-state index contributed by atoms with van der Waals surface area (Å²) in [5.41, 5.74) is 0.817. The molecule has 2 aliphatic rings. The second-order valence-corrected chi connectivity index (χ2v) is 10.3. The van der Waals surface area contributed by atoms with Crippen molar-refractivity contribution in [1.29, 1.82) is 0 Å². The van der Waals surface area contributed by atoms with Crippen LogP contribution in [0.2, 0.25) is 0 Å². The van der Waals surface area contributed by atoms with Gasteiger partial charge in [-0.05, 0) is 53.9 Å². The number of hydrogen-bond donors (Lipinski definition) is 2.